The first kappa shape index (κ1) is 17.8. The van der Waals surface area contributed by atoms with E-state index in [4.69, 9.17) is 0 Å². The third kappa shape index (κ3) is 4.54. The fourth-order valence-electron chi connectivity index (χ4n) is 2.34. The summed E-state index contributed by atoms with van der Waals surface area (Å²) in [5, 5.41) is 13.7. The van der Waals surface area contributed by atoms with Crippen molar-refractivity contribution < 1.29 is 4.92 Å². The Morgan fingerprint density at radius 2 is 1.74 bits per heavy atom. The van der Waals surface area contributed by atoms with Gasteiger partial charge in [0, 0.05) is 24.9 Å². The summed E-state index contributed by atoms with van der Waals surface area (Å²) in [6.07, 6.45) is 1.39. The molecule has 0 amide bonds. The highest BCUT2D eigenvalue weighted by Crippen LogP contribution is 2.17. The van der Waals surface area contributed by atoms with Crippen molar-refractivity contribution in [3.63, 3.8) is 0 Å². The van der Waals surface area contributed by atoms with Crippen molar-refractivity contribution in [1.82, 2.24) is 9.97 Å². The number of aliphatic imine (C=N–C) groups is 1. The van der Waals surface area contributed by atoms with Crippen molar-refractivity contribution in [2.24, 2.45) is 4.99 Å². The molecule has 3 rings (SSSR count). The van der Waals surface area contributed by atoms with Crippen LogP contribution < -0.4 is 16.6 Å². The summed E-state index contributed by atoms with van der Waals surface area (Å²) in [5.74, 6) is 0.186. The lowest BCUT2D eigenvalue weighted by atomic mass is 10.2. The maximum Gasteiger partial charge on any atom is 0.327 e. The van der Waals surface area contributed by atoms with E-state index in [1.165, 1.54) is 30.5 Å². The topological polar surface area (TPSA) is 133 Å². The van der Waals surface area contributed by atoms with Gasteiger partial charge < -0.3 is 5.32 Å². The molecule has 9 heteroatoms. The predicted molar refractivity (Wildman–Crippen MR) is 102 cm³/mol. The summed E-state index contributed by atoms with van der Waals surface area (Å²) in [5.41, 5.74) is 0.199. The predicted octanol–water partition coefficient (Wildman–Crippen LogP) is 2.33. The molecule has 0 aliphatic carbocycles. The number of aromatic amines is 2. The third-order valence-corrected chi connectivity index (χ3v) is 3.68. The van der Waals surface area contributed by atoms with E-state index in [0.717, 1.165) is 5.56 Å². The monoisotopic (exact) mass is 365 g/mol. The average molecular weight is 365 g/mol. The molecular formula is C18H15N5O4. The molecule has 0 radical (unpaired) electrons. The number of benzene rings is 2. The van der Waals surface area contributed by atoms with Gasteiger partial charge in [-0.2, -0.15) is 0 Å². The van der Waals surface area contributed by atoms with E-state index in [1.54, 1.807) is 0 Å². The highest BCUT2D eigenvalue weighted by atomic mass is 16.6. The molecule has 1 heterocycles. The van der Waals surface area contributed by atoms with Crippen LogP contribution >= 0.6 is 0 Å². The van der Waals surface area contributed by atoms with Gasteiger partial charge in [-0.3, -0.25) is 24.9 Å². The van der Waals surface area contributed by atoms with Gasteiger partial charge in [-0.05, 0) is 23.3 Å². The Labute approximate surface area is 152 Å². The molecule has 0 bridgehead atoms. The maximum atomic E-state index is 12.1. The number of non-ortho nitro benzene ring substituents is 1. The van der Waals surface area contributed by atoms with Gasteiger partial charge in [0.25, 0.3) is 11.2 Å². The zero-order chi connectivity index (χ0) is 19.2. The molecule has 9 nitrogen and oxygen atoms in total. The van der Waals surface area contributed by atoms with E-state index in [0.29, 0.717) is 12.1 Å². The molecule has 0 saturated heterocycles. The number of nitro benzene ring substituents is 1. The molecule has 0 saturated carbocycles. The number of hydrogen-bond acceptors (Lipinski definition) is 6. The quantitative estimate of drug-likeness (QED) is 0.350. The van der Waals surface area contributed by atoms with Crippen LogP contribution in [0.5, 0.6) is 0 Å². The Kier molecular flexibility index (Phi) is 5.22. The highest BCUT2D eigenvalue weighted by Gasteiger charge is 2.08. The Hall–Kier alpha value is -4.01. The number of nitro groups is 1. The first-order valence-electron chi connectivity index (χ1n) is 7.96. The smallest absolute Gasteiger partial charge is 0.327 e. The summed E-state index contributed by atoms with van der Waals surface area (Å²) in [7, 11) is 0. The van der Waals surface area contributed by atoms with Crippen molar-refractivity contribution in [1.29, 1.82) is 0 Å². The minimum atomic E-state index is -0.648. The van der Waals surface area contributed by atoms with Crippen LogP contribution in [0.1, 0.15) is 11.1 Å². The molecule has 136 valence electrons. The lowest BCUT2D eigenvalue weighted by Gasteiger charge is -2.08. The van der Waals surface area contributed by atoms with Gasteiger partial charge in [-0.25, -0.2) is 9.79 Å². The summed E-state index contributed by atoms with van der Waals surface area (Å²) in [4.78, 5) is 42.7. The number of nitrogens with zero attached hydrogens (tertiary/aromatic N) is 2. The largest absolute Gasteiger partial charge is 0.365 e. The number of hydrogen-bond donors (Lipinski definition) is 3. The molecule has 3 N–H and O–H groups in total. The number of H-pyrrole nitrogens is 2. The summed E-state index contributed by atoms with van der Waals surface area (Å²) >= 11 is 0. The van der Waals surface area contributed by atoms with Gasteiger partial charge in [0.15, 0.2) is 5.69 Å². The van der Waals surface area contributed by atoms with Crippen molar-refractivity contribution in [3.05, 3.63) is 96.7 Å². The molecule has 0 aliphatic heterocycles. The van der Waals surface area contributed by atoms with E-state index in [9.17, 15) is 19.7 Å². The Bertz CT molecular complexity index is 1090. The van der Waals surface area contributed by atoms with Crippen LogP contribution in [-0.2, 0) is 6.54 Å². The molecule has 2 aromatic carbocycles. The van der Waals surface area contributed by atoms with Gasteiger partial charge in [0.05, 0.1) is 4.92 Å². The van der Waals surface area contributed by atoms with Crippen LogP contribution in [0.4, 0.5) is 17.2 Å². The van der Waals surface area contributed by atoms with E-state index in [2.05, 4.69) is 20.3 Å². The second kappa shape index (κ2) is 7.91. The van der Waals surface area contributed by atoms with E-state index >= 15 is 0 Å². The van der Waals surface area contributed by atoms with Crippen LogP contribution in [0.15, 0.2) is 69.2 Å². The first-order valence-corrected chi connectivity index (χ1v) is 7.96. The van der Waals surface area contributed by atoms with Gasteiger partial charge >= 0.3 is 5.69 Å². The fourth-order valence-corrected chi connectivity index (χ4v) is 2.34. The van der Waals surface area contributed by atoms with Crippen LogP contribution in [0.3, 0.4) is 0 Å². The summed E-state index contributed by atoms with van der Waals surface area (Å²) in [6, 6.07) is 15.2. The van der Waals surface area contributed by atoms with E-state index in [1.807, 2.05) is 30.3 Å². The van der Waals surface area contributed by atoms with Crippen molar-refractivity contribution >= 4 is 23.4 Å². The van der Waals surface area contributed by atoms with Crippen molar-refractivity contribution in [2.45, 2.75) is 6.54 Å². The summed E-state index contributed by atoms with van der Waals surface area (Å²) < 4.78 is 0. The van der Waals surface area contributed by atoms with Gasteiger partial charge in [-0.1, -0.05) is 30.3 Å². The van der Waals surface area contributed by atoms with E-state index < -0.39 is 16.2 Å². The number of aromatic nitrogens is 2. The lowest BCUT2D eigenvalue weighted by molar-refractivity contribution is -0.384. The number of rotatable bonds is 6. The molecule has 0 fully saturated rings. The molecule has 0 spiro atoms. The van der Waals surface area contributed by atoms with Crippen LogP contribution in [-0.4, -0.2) is 21.1 Å². The standard InChI is InChI=1S/C18H15N5O4/c24-17-15(19-10-13-6-8-14(9-7-13)23(26)27)16(21-18(25)22-17)20-11-12-4-2-1-3-5-12/h1-10H,11H2,(H3,20,21,22,24,25). The SMILES string of the molecule is O=c1[nH]c(NCc2ccccc2)c(N=Cc2ccc([N+](=O)[O-])cc2)c(=O)[nH]1. The first-order chi connectivity index (χ1) is 13.0. The van der Waals surface area contributed by atoms with Gasteiger partial charge in [-0.15, -0.1) is 0 Å². The van der Waals surface area contributed by atoms with Gasteiger partial charge in [0.1, 0.15) is 5.82 Å². The minimum Gasteiger partial charge on any atom is -0.365 e. The summed E-state index contributed by atoms with van der Waals surface area (Å²) in [6.45, 7) is 0.389. The van der Waals surface area contributed by atoms with Crippen LogP contribution in [0.2, 0.25) is 0 Å². The minimum absolute atomic E-state index is 0.00360. The Balaban J connectivity index is 1.86. The normalized spacial score (nSPS) is 10.8. The third-order valence-electron chi connectivity index (χ3n) is 3.68. The maximum absolute atomic E-state index is 12.1. The van der Waals surface area contributed by atoms with Crippen LogP contribution in [0.25, 0.3) is 0 Å². The molecule has 0 aliphatic rings. The average Bonchev–Trinajstić information content (AvgIpc) is 2.66. The zero-order valence-electron chi connectivity index (χ0n) is 14.0. The van der Waals surface area contributed by atoms with Crippen molar-refractivity contribution in [2.75, 3.05) is 5.32 Å². The Morgan fingerprint density at radius 1 is 1.04 bits per heavy atom. The molecule has 3 aromatic rings. The molecule has 0 atom stereocenters. The second-order valence-corrected chi connectivity index (χ2v) is 5.58. The second-order valence-electron chi connectivity index (χ2n) is 5.58. The number of anilines is 1. The van der Waals surface area contributed by atoms with Gasteiger partial charge in [0.2, 0.25) is 0 Å². The molecule has 0 unspecified atom stereocenters. The fraction of sp³-hybridized carbons (Fsp3) is 0.0556. The van der Waals surface area contributed by atoms with E-state index in [-0.39, 0.29) is 17.2 Å². The highest BCUT2D eigenvalue weighted by molar-refractivity contribution is 5.83. The number of nitrogens with one attached hydrogen (secondary N) is 3. The molecular weight excluding hydrogens is 350 g/mol. The lowest BCUT2D eigenvalue weighted by Crippen LogP contribution is -2.23. The van der Waals surface area contributed by atoms with Crippen LogP contribution in [0, 0.1) is 10.1 Å². The molecule has 1 aromatic heterocycles. The van der Waals surface area contributed by atoms with Crippen molar-refractivity contribution in [3.8, 4) is 0 Å². The Morgan fingerprint density at radius 3 is 2.41 bits per heavy atom. The molecule has 27 heavy (non-hydrogen) atoms. The zero-order valence-corrected chi connectivity index (χ0v) is 14.0.